The molecule has 104 valence electrons. The van der Waals surface area contributed by atoms with Crippen LogP contribution >= 0.6 is 22.6 Å². The molecule has 0 heterocycles. The third-order valence-corrected chi connectivity index (χ3v) is 3.28. The maximum absolute atomic E-state index is 11.6. The van der Waals surface area contributed by atoms with Crippen molar-refractivity contribution in [2.75, 3.05) is 11.9 Å². The van der Waals surface area contributed by atoms with Crippen molar-refractivity contribution in [1.82, 2.24) is 5.32 Å². The van der Waals surface area contributed by atoms with Crippen molar-refractivity contribution in [3.63, 3.8) is 0 Å². The minimum absolute atomic E-state index is 0.127. The molecule has 0 saturated heterocycles. The zero-order valence-corrected chi connectivity index (χ0v) is 12.8. The minimum Gasteiger partial charge on any atom is -0.481 e. The van der Waals surface area contributed by atoms with Gasteiger partial charge < -0.3 is 15.7 Å². The molecular formula is C13H17IN2O3. The average molecular weight is 376 g/mol. The first-order valence-corrected chi connectivity index (χ1v) is 7.07. The second kappa shape index (κ2) is 7.98. The number of nitrogens with one attached hydrogen (secondary N) is 2. The van der Waals surface area contributed by atoms with Gasteiger partial charge in [-0.2, -0.15) is 0 Å². The Hall–Kier alpha value is -1.31. The average Bonchev–Trinajstić information content (AvgIpc) is 2.36. The van der Waals surface area contributed by atoms with Crippen LogP contribution in [0.15, 0.2) is 24.3 Å². The molecule has 0 bridgehead atoms. The Bertz CT molecular complexity index is 434. The summed E-state index contributed by atoms with van der Waals surface area (Å²) in [5.74, 6) is -0.672. The Morgan fingerprint density at radius 1 is 1.32 bits per heavy atom. The summed E-state index contributed by atoms with van der Waals surface area (Å²) in [6.45, 7) is 2.37. The third-order valence-electron chi connectivity index (χ3n) is 2.56. The number of hydrogen-bond donors (Lipinski definition) is 3. The zero-order valence-electron chi connectivity index (χ0n) is 10.6. The van der Waals surface area contributed by atoms with E-state index in [9.17, 15) is 9.59 Å². The highest BCUT2D eigenvalue weighted by Crippen LogP contribution is 2.11. The molecule has 0 aliphatic rings. The number of urea groups is 1. The van der Waals surface area contributed by atoms with Crippen molar-refractivity contribution >= 4 is 40.3 Å². The van der Waals surface area contributed by atoms with Crippen molar-refractivity contribution in [1.29, 1.82) is 0 Å². The Kier molecular flexibility index (Phi) is 6.61. The molecule has 0 aliphatic carbocycles. The number of carbonyl (C=O) groups is 2. The Morgan fingerprint density at radius 2 is 1.95 bits per heavy atom. The molecule has 1 unspecified atom stereocenters. The summed E-state index contributed by atoms with van der Waals surface area (Å²) >= 11 is 2.19. The molecule has 6 heteroatoms. The molecule has 0 saturated carbocycles. The van der Waals surface area contributed by atoms with Gasteiger partial charge in [-0.05, 0) is 59.2 Å². The van der Waals surface area contributed by atoms with Gasteiger partial charge in [0, 0.05) is 22.2 Å². The monoisotopic (exact) mass is 376 g/mol. The number of carboxylic acid groups (broad SMARTS) is 1. The lowest BCUT2D eigenvalue weighted by atomic mass is 10.1. The van der Waals surface area contributed by atoms with Crippen molar-refractivity contribution in [3.05, 3.63) is 27.8 Å². The lowest BCUT2D eigenvalue weighted by Gasteiger charge is -2.12. The molecule has 0 fully saturated rings. The Labute approximate surface area is 125 Å². The van der Waals surface area contributed by atoms with Crippen LogP contribution in [0.1, 0.15) is 19.8 Å². The van der Waals surface area contributed by atoms with Crippen molar-refractivity contribution < 1.29 is 14.7 Å². The number of carboxylic acids is 1. The summed E-state index contributed by atoms with van der Waals surface area (Å²) in [6.07, 6.45) is 0.681. The maximum Gasteiger partial charge on any atom is 0.319 e. The standard InChI is InChI=1S/C13H17IN2O3/c1-9(2-7-12(17)18)8-15-13(19)16-11-5-3-10(14)4-6-11/h3-6,9H,2,7-8H2,1H3,(H,17,18)(H2,15,16,19). The predicted molar refractivity (Wildman–Crippen MR) is 82.2 cm³/mol. The Morgan fingerprint density at radius 3 is 2.53 bits per heavy atom. The predicted octanol–water partition coefficient (Wildman–Crippen LogP) is 2.91. The van der Waals surface area contributed by atoms with Crippen LogP contribution in [0, 0.1) is 9.49 Å². The van der Waals surface area contributed by atoms with E-state index in [1.807, 2.05) is 31.2 Å². The van der Waals surface area contributed by atoms with Crippen LogP contribution in [-0.4, -0.2) is 23.7 Å². The molecule has 3 N–H and O–H groups in total. The van der Waals surface area contributed by atoms with Crippen LogP contribution in [0.25, 0.3) is 0 Å². The smallest absolute Gasteiger partial charge is 0.319 e. The first kappa shape index (κ1) is 15.7. The summed E-state index contributed by atoms with van der Waals surface area (Å²) in [4.78, 5) is 22.0. The van der Waals surface area contributed by atoms with E-state index in [0.717, 1.165) is 9.26 Å². The molecule has 1 rings (SSSR count). The number of rotatable bonds is 6. The summed E-state index contributed by atoms with van der Waals surface area (Å²) in [5, 5.41) is 14.0. The molecule has 19 heavy (non-hydrogen) atoms. The summed E-state index contributed by atoms with van der Waals surface area (Å²) in [5.41, 5.74) is 0.733. The number of carbonyl (C=O) groups excluding carboxylic acids is 1. The van der Waals surface area contributed by atoms with Gasteiger partial charge in [0.15, 0.2) is 0 Å². The van der Waals surface area contributed by atoms with Crippen LogP contribution in [0.4, 0.5) is 10.5 Å². The number of aliphatic carboxylic acids is 1. The second-order valence-electron chi connectivity index (χ2n) is 4.38. The van der Waals surface area contributed by atoms with Gasteiger partial charge in [0.05, 0.1) is 0 Å². The highest BCUT2D eigenvalue weighted by molar-refractivity contribution is 14.1. The largest absolute Gasteiger partial charge is 0.481 e. The molecule has 0 radical (unpaired) electrons. The number of benzene rings is 1. The van der Waals surface area contributed by atoms with Crippen LogP contribution in [-0.2, 0) is 4.79 Å². The molecular weight excluding hydrogens is 359 g/mol. The van der Waals surface area contributed by atoms with E-state index >= 15 is 0 Å². The lowest BCUT2D eigenvalue weighted by molar-refractivity contribution is -0.137. The lowest BCUT2D eigenvalue weighted by Crippen LogP contribution is -2.32. The number of hydrogen-bond acceptors (Lipinski definition) is 2. The minimum atomic E-state index is -0.810. The first-order valence-electron chi connectivity index (χ1n) is 5.99. The topological polar surface area (TPSA) is 78.4 Å². The Balaban J connectivity index is 2.27. The second-order valence-corrected chi connectivity index (χ2v) is 5.63. The molecule has 0 aromatic heterocycles. The third kappa shape index (κ3) is 7.00. The number of halogens is 1. The van der Waals surface area contributed by atoms with Gasteiger partial charge in [-0.1, -0.05) is 6.92 Å². The summed E-state index contributed by atoms with van der Waals surface area (Å²) in [6, 6.07) is 7.20. The van der Waals surface area contributed by atoms with E-state index < -0.39 is 5.97 Å². The van der Waals surface area contributed by atoms with E-state index in [1.54, 1.807) is 0 Å². The van der Waals surface area contributed by atoms with Gasteiger partial charge in [0.25, 0.3) is 0 Å². The summed E-state index contributed by atoms with van der Waals surface area (Å²) < 4.78 is 1.10. The first-order chi connectivity index (χ1) is 8.97. The highest BCUT2D eigenvalue weighted by atomic mass is 127. The molecule has 1 aromatic rings. The number of amides is 2. The van der Waals surface area contributed by atoms with Crippen LogP contribution in [0.3, 0.4) is 0 Å². The maximum atomic E-state index is 11.6. The number of anilines is 1. The fraction of sp³-hybridized carbons (Fsp3) is 0.385. The normalized spacial score (nSPS) is 11.7. The highest BCUT2D eigenvalue weighted by Gasteiger charge is 2.07. The molecule has 2 amide bonds. The van der Waals surface area contributed by atoms with Gasteiger partial charge >= 0.3 is 12.0 Å². The zero-order chi connectivity index (χ0) is 14.3. The summed E-state index contributed by atoms with van der Waals surface area (Å²) in [7, 11) is 0. The van der Waals surface area contributed by atoms with Crippen LogP contribution < -0.4 is 10.6 Å². The van der Waals surface area contributed by atoms with Gasteiger partial charge in [0.2, 0.25) is 0 Å². The molecule has 5 nitrogen and oxygen atoms in total. The van der Waals surface area contributed by atoms with E-state index in [2.05, 4.69) is 33.2 Å². The van der Waals surface area contributed by atoms with E-state index in [0.29, 0.717) is 13.0 Å². The fourth-order valence-corrected chi connectivity index (χ4v) is 1.81. The van der Waals surface area contributed by atoms with Gasteiger partial charge in [-0.25, -0.2) is 4.79 Å². The SMILES string of the molecule is CC(CCC(=O)O)CNC(=O)Nc1ccc(I)cc1. The molecule has 0 aliphatic heterocycles. The van der Waals surface area contributed by atoms with Crippen molar-refractivity contribution in [2.24, 2.45) is 5.92 Å². The molecule has 0 spiro atoms. The van der Waals surface area contributed by atoms with Crippen LogP contribution in [0.2, 0.25) is 0 Å². The van der Waals surface area contributed by atoms with E-state index in [1.165, 1.54) is 0 Å². The van der Waals surface area contributed by atoms with Gasteiger partial charge in [-0.15, -0.1) is 0 Å². The van der Waals surface area contributed by atoms with Gasteiger partial charge in [-0.3, -0.25) is 4.79 Å². The fourth-order valence-electron chi connectivity index (χ4n) is 1.45. The molecule has 1 aromatic carbocycles. The van der Waals surface area contributed by atoms with Gasteiger partial charge in [0.1, 0.15) is 0 Å². The quantitative estimate of drug-likeness (QED) is 0.668. The van der Waals surface area contributed by atoms with E-state index in [-0.39, 0.29) is 18.4 Å². The van der Waals surface area contributed by atoms with Crippen molar-refractivity contribution in [2.45, 2.75) is 19.8 Å². The van der Waals surface area contributed by atoms with E-state index in [4.69, 9.17) is 5.11 Å². The molecule has 1 atom stereocenters. The van der Waals surface area contributed by atoms with Crippen molar-refractivity contribution in [3.8, 4) is 0 Å². The van der Waals surface area contributed by atoms with Crippen LogP contribution in [0.5, 0.6) is 0 Å².